The zero-order chi connectivity index (χ0) is 24.8. The van der Waals surface area contributed by atoms with Crippen LogP contribution >= 0.6 is 22.6 Å². The Bertz CT molecular complexity index is 1110. The number of carbonyl (C=O) groups excluding carboxylic acids is 4. The van der Waals surface area contributed by atoms with Crippen molar-refractivity contribution in [3.63, 3.8) is 0 Å². The summed E-state index contributed by atoms with van der Waals surface area (Å²) < 4.78 is 17.2. The molecular formula is C24H25FIN3O5. The number of likely N-dealkylation sites (tertiary alicyclic amines) is 1. The second-order valence-electron chi connectivity index (χ2n) is 7.92. The minimum Gasteiger partial charge on any atom is -0.447 e. The third-order valence-corrected chi connectivity index (χ3v) is 5.83. The number of hydrogen-bond donors (Lipinski definition) is 2. The van der Waals surface area contributed by atoms with Crippen LogP contribution in [0.2, 0.25) is 0 Å². The lowest BCUT2D eigenvalue weighted by Crippen LogP contribution is -2.33. The molecule has 8 nitrogen and oxygen atoms in total. The van der Waals surface area contributed by atoms with Crippen LogP contribution in [0.25, 0.3) is 11.1 Å². The second kappa shape index (κ2) is 11.4. The zero-order valence-corrected chi connectivity index (χ0v) is 20.9. The number of nitrogens with one attached hydrogen (secondary N) is 2. The van der Waals surface area contributed by atoms with Crippen LogP contribution in [0, 0.1) is 5.92 Å². The maximum atomic E-state index is 12.4. The van der Waals surface area contributed by atoms with Crippen molar-refractivity contribution in [1.82, 2.24) is 10.4 Å². The Morgan fingerprint density at radius 1 is 1.12 bits per heavy atom. The van der Waals surface area contributed by atoms with Gasteiger partial charge in [-0.05, 0) is 39.3 Å². The molecule has 2 aliphatic rings. The molecule has 10 heteroatoms. The predicted octanol–water partition coefficient (Wildman–Crippen LogP) is 4.18. The Labute approximate surface area is 210 Å². The normalized spacial score (nSPS) is 17.9. The van der Waals surface area contributed by atoms with E-state index in [0.29, 0.717) is 5.69 Å². The van der Waals surface area contributed by atoms with Crippen LogP contribution in [0.5, 0.6) is 0 Å². The minimum absolute atomic E-state index is 0.00921. The average molecular weight is 581 g/mol. The zero-order valence-electron chi connectivity index (χ0n) is 18.8. The quantitative estimate of drug-likeness (QED) is 0.231. The average Bonchev–Trinajstić information content (AvgIpc) is 3.29. The summed E-state index contributed by atoms with van der Waals surface area (Å²) in [5.41, 5.74) is 5.19. The Morgan fingerprint density at radius 2 is 1.82 bits per heavy atom. The van der Waals surface area contributed by atoms with Gasteiger partial charge < -0.3 is 10.1 Å². The number of hydrogen-bond acceptors (Lipinski definition) is 5. The van der Waals surface area contributed by atoms with Gasteiger partial charge in [-0.2, -0.15) is 5.54 Å². The van der Waals surface area contributed by atoms with Gasteiger partial charge in [0, 0.05) is 36.9 Å². The van der Waals surface area contributed by atoms with Crippen LogP contribution in [0.3, 0.4) is 0 Å². The smallest absolute Gasteiger partial charge is 0.435 e. The van der Waals surface area contributed by atoms with Crippen LogP contribution in [0.15, 0.2) is 42.5 Å². The molecule has 2 aromatic carbocycles. The van der Waals surface area contributed by atoms with Crippen molar-refractivity contribution in [1.29, 1.82) is 0 Å². The molecule has 0 saturated carbocycles. The highest BCUT2D eigenvalue weighted by atomic mass is 127. The number of ether oxygens (including phenoxy) is 1. The van der Waals surface area contributed by atoms with Gasteiger partial charge in [-0.15, -0.1) is 0 Å². The largest absolute Gasteiger partial charge is 0.447 e. The van der Waals surface area contributed by atoms with Crippen LogP contribution in [-0.2, 0) is 19.1 Å². The molecule has 1 saturated heterocycles. The van der Waals surface area contributed by atoms with Crippen molar-refractivity contribution in [3.8, 4) is 11.1 Å². The van der Waals surface area contributed by atoms with Gasteiger partial charge >= 0.3 is 6.09 Å². The molecule has 0 spiro atoms. The topological polar surface area (TPSA) is 105 Å². The Balaban J connectivity index is 0.00000158. The molecule has 2 unspecified atom stereocenters. The summed E-state index contributed by atoms with van der Waals surface area (Å²) in [5.74, 6) is -1.49. The molecule has 1 aliphatic heterocycles. The number of nitrogens with zero attached hydrogens (tertiary/aromatic N) is 1. The SMILES string of the molecule is CC1CC(=O)N(CCC(=O)Nc2ccc3c(c2)C(COC(=O)NF)c2ccccc2-3)C1=O.CI. The minimum atomic E-state index is -1.17. The van der Waals surface area contributed by atoms with Crippen LogP contribution in [0.4, 0.5) is 15.0 Å². The summed E-state index contributed by atoms with van der Waals surface area (Å²) in [6, 6.07) is 13.1. The van der Waals surface area contributed by atoms with E-state index in [0.717, 1.165) is 32.7 Å². The molecule has 1 aliphatic carbocycles. The first-order chi connectivity index (χ1) is 16.4. The fourth-order valence-electron chi connectivity index (χ4n) is 4.27. The molecule has 4 amide bonds. The molecular weight excluding hydrogens is 556 g/mol. The Hall–Kier alpha value is -3.02. The number of carbonyl (C=O) groups is 4. The molecule has 1 fully saturated rings. The highest BCUT2D eigenvalue weighted by Gasteiger charge is 2.35. The van der Waals surface area contributed by atoms with E-state index >= 15 is 0 Å². The fourth-order valence-corrected chi connectivity index (χ4v) is 4.27. The van der Waals surface area contributed by atoms with Crippen molar-refractivity contribution in [2.75, 3.05) is 23.4 Å². The van der Waals surface area contributed by atoms with Gasteiger partial charge in [0.25, 0.3) is 0 Å². The molecule has 2 atom stereocenters. The maximum Gasteiger partial charge on any atom is 0.435 e. The lowest BCUT2D eigenvalue weighted by Gasteiger charge is -2.16. The Kier molecular flexibility index (Phi) is 8.59. The lowest BCUT2D eigenvalue weighted by atomic mass is 9.97. The van der Waals surface area contributed by atoms with Gasteiger partial charge in [0.15, 0.2) is 0 Å². The monoisotopic (exact) mass is 581 g/mol. The van der Waals surface area contributed by atoms with E-state index in [1.807, 2.05) is 35.3 Å². The maximum absolute atomic E-state index is 12.4. The van der Waals surface area contributed by atoms with Gasteiger partial charge in [-0.25, -0.2) is 4.79 Å². The molecule has 2 aromatic rings. The summed E-state index contributed by atoms with van der Waals surface area (Å²) in [6.07, 6.45) is -0.999. The summed E-state index contributed by atoms with van der Waals surface area (Å²) in [4.78, 5) is 50.7. The molecule has 4 rings (SSSR count). The molecule has 180 valence electrons. The summed E-state index contributed by atoms with van der Waals surface area (Å²) >= 11 is 2.15. The number of amides is 4. The number of alkyl halides is 1. The van der Waals surface area contributed by atoms with E-state index in [4.69, 9.17) is 4.74 Å². The van der Waals surface area contributed by atoms with E-state index in [2.05, 4.69) is 27.9 Å². The molecule has 0 bridgehead atoms. The van der Waals surface area contributed by atoms with E-state index in [-0.39, 0.29) is 55.6 Å². The summed E-state index contributed by atoms with van der Waals surface area (Å²) in [5, 5.41) is 2.79. The highest BCUT2D eigenvalue weighted by molar-refractivity contribution is 14.1. The third kappa shape index (κ3) is 5.37. The van der Waals surface area contributed by atoms with Gasteiger partial charge in [-0.3, -0.25) is 19.3 Å². The number of benzene rings is 2. The van der Waals surface area contributed by atoms with Crippen LogP contribution in [-0.4, -0.2) is 46.8 Å². The van der Waals surface area contributed by atoms with Crippen molar-refractivity contribution in [2.45, 2.75) is 25.7 Å². The summed E-state index contributed by atoms with van der Waals surface area (Å²) in [7, 11) is 0. The lowest BCUT2D eigenvalue weighted by molar-refractivity contribution is -0.139. The fraction of sp³-hybridized carbons (Fsp3) is 0.333. The van der Waals surface area contributed by atoms with E-state index < -0.39 is 6.09 Å². The van der Waals surface area contributed by atoms with Gasteiger partial charge in [0.2, 0.25) is 17.7 Å². The standard InChI is InChI=1S/C23H22FN3O5.CH3I/c1-13-10-21(29)27(22(13)30)9-8-20(28)25-14-6-7-17-15-4-2-3-5-16(15)19(18(17)11-14)12-32-23(31)26-24;1-2/h2-7,11,13,19H,8-10,12H2,1H3,(H,25,28)(H,26,31);1H3. The van der Waals surface area contributed by atoms with Crippen molar-refractivity contribution < 1.29 is 28.4 Å². The predicted molar refractivity (Wildman–Crippen MR) is 133 cm³/mol. The van der Waals surface area contributed by atoms with E-state index in [9.17, 15) is 23.7 Å². The number of imide groups is 1. The van der Waals surface area contributed by atoms with E-state index in [1.165, 1.54) is 0 Å². The van der Waals surface area contributed by atoms with Gasteiger partial charge in [-0.1, -0.05) is 64.3 Å². The molecule has 0 aromatic heterocycles. The third-order valence-electron chi connectivity index (χ3n) is 5.83. The molecule has 34 heavy (non-hydrogen) atoms. The van der Waals surface area contributed by atoms with Crippen molar-refractivity contribution in [3.05, 3.63) is 53.6 Å². The first-order valence-corrected chi connectivity index (χ1v) is 12.8. The molecule has 1 heterocycles. The number of halogens is 2. The second-order valence-corrected chi connectivity index (χ2v) is 7.92. The van der Waals surface area contributed by atoms with Gasteiger partial charge in [0.1, 0.15) is 6.61 Å². The van der Waals surface area contributed by atoms with Crippen molar-refractivity contribution >= 4 is 52.1 Å². The highest BCUT2D eigenvalue weighted by Crippen LogP contribution is 2.45. The summed E-state index contributed by atoms with van der Waals surface area (Å²) in [6.45, 7) is 1.67. The van der Waals surface area contributed by atoms with Gasteiger partial charge in [0.05, 0.1) is 0 Å². The van der Waals surface area contributed by atoms with E-state index in [1.54, 1.807) is 19.1 Å². The van der Waals surface area contributed by atoms with Crippen LogP contribution < -0.4 is 10.9 Å². The van der Waals surface area contributed by atoms with Crippen molar-refractivity contribution in [2.24, 2.45) is 5.92 Å². The first-order valence-electron chi connectivity index (χ1n) is 10.7. The Morgan fingerprint density at radius 3 is 2.50 bits per heavy atom. The molecule has 0 radical (unpaired) electrons. The first kappa shape index (κ1) is 25.6. The van der Waals surface area contributed by atoms with Crippen LogP contribution in [0.1, 0.15) is 36.8 Å². The number of rotatable bonds is 6. The number of anilines is 1. The number of fused-ring (bicyclic) bond motifs is 3. The molecule has 2 N–H and O–H groups in total.